The van der Waals surface area contributed by atoms with Gasteiger partial charge < -0.3 is 9.47 Å². The fraction of sp³-hybridized carbons (Fsp3) is 0.176. The lowest BCUT2D eigenvalue weighted by Gasteiger charge is -2.12. The van der Waals surface area contributed by atoms with E-state index < -0.39 is 0 Å². The minimum atomic E-state index is -0.0567. The summed E-state index contributed by atoms with van der Waals surface area (Å²) >= 11 is 15.3. The molecule has 2 aromatic rings. The zero-order chi connectivity index (χ0) is 18.2. The van der Waals surface area contributed by atoms with Crippen molar-refractivity contribution in [2.24, 2.45) is 5.10 Å². The second kappa shape index (κ2) is 9.52. The van der Waals surface area contributed by atoms with Gasteiger partial charge in [0, 0.05) is 10.0 Å². The highest BCUT2D eigenvalue weighted by Crippen LogP contribution is 2.33. The Labute approximate surface area is 164 Å². The highest BCUT2D eigenvalue weighted by Gasteiger charge is 2.10. The summed E-state index contributed by atoms with van der Waals surface area (Å²) in [6, 6.07) is 10.6. The number of anilines is 1. The number of hydrogen-bond donors (Lipinski definition) is 1. The van der Waals surface area contributed by atoms with Gasteiger partial charge in [-0.2, -0.15) is 10.4 Å². The summed E-state index contributed by atoms with van der Waals surface area (Å²) in [5.74, 6) is 1.03. The Morgan fingerprint density at radius 2 is 1.96 bits per heavy atom. The molecule has 0 aliphatic carbocycles. The van der Waals surface area contributed by atoms with E-state index in [9.17, 15) is 0 Å². The second-order valence-corrected chi connectivity index (χ2v) is 6.37. The van der Waals surface area contributed by atoms with Crippen LogP contribution in [0.4, 0.5) is 5.69 Å². The average molecular weight is 443 g/mol. The van der Waals surface area contributed by atoms with Crippen molar-refractivity contribution < 1.29 is 9.47 Å². The Kier molecular flexibility index (Phi) is 7.38. The number of benzene rings is 2. The minimum Gasteiger partial charge on any atom is -0.490 e. The Hall–Kier alpha value is -1.94. The summed E-state index contributed by atoms with van der Waals surface area (Å²) < 4.78 is 11.7. The van der Waals surface area contributed by atoms with E-state index in [0.717, 1.165) is 10.0 Å². The molecule has 0 aliphatic rings. The van der Waals surface area contributed by atoms with Crippen LogP contribution in [0.2, 0.25) is 10.0 Å². The smallest absolute Gasteiger partial charge is 0.174 e. The number of hydrazone groups is 1. The lowest BCUT2D eigenvalue weighted by molar-refractivity contribution is 0.298. The molecular formula is C17H14BrCl2N3O2. The zero-order valence-corrected chi connectivity index (χ0v) is 16.3. The first kappa shape index (κ1) is 19.4. The van der Waals surface area contributed by atoms with Crippen LogP contribution in [-0.2, 0) is 0 Å². The van der Waals surface area contributed by atoms with Crippen LogP contribution in [0.15, 0.2) is 39.9 Å². The van der Waals surface area contributed by atoms with Gasteiger partial charge in [-0.1, -0.05) is 23.2 Å². The van der Waals surface area contributed by atoms with Gasteiger partial charge in [0.15, 0.2) is 18.1 Å². The van der Waals surface area contributed by atoms with Crippen molar-refractivity contribution in [1.82, 2.24) is 0 Å². The van der Waals surface area contributed by atoms with Crippen LogP contribution in [0.1, 0.15) is 12.5 Å². The van der Waals surface area contributed by atoms with Gasteiger partial charge in [0.25, 0.3) is 0 Å². The Morgan fingerprint density at radius 1 is 1.20 bits per heavy atom. The summed E-state index contributed by atoms with van der Waals surface area (Å²) in [6.45, 7) is 2.29. The maximum Gasteiger partial charge on any atom is 0.174 e. The molecular weight excluding hydrogens is 429 g/mol. The maximum absolute atomic E-state index is 8.66. The van der Waals surface area contributed by atoms with E-state index in [4.69, 9.17) is 37.9 Å². The first-order valence-corrected chi connectivity index (χ1v) is 8.80. The van der Waals surface area contributed by atoms with E-state index in [1.165, 1.54) is 0 Å². The molecule has 0 aromatic heterocycles. The van der Waals surface area contributed by atoms with Crippen LogP contribution in [-0.4, -0.2) is 19.4 Å². The predicted molar refractivity (Wildman–Crippen MR) is 104 cm³/mol. The summed E-state index contributed by atoms with van der Waals surface area (Å²) in [4.78, 5) is 0. The van der Waals surface area contributed by atoms with Crippen molar-refractivity contribution >= 4 is 51.0 Å². The first-order chi connectivity index (χ1) is 12.0. The SMILES string of the molecule is CCOc1cc(/C=N/Nc2ccc(Cl)c(Cl)c2)c(Br)cc1OCC#N. The lowest BCUT2D eigenvalue weighted by Crippen LogP contribution is -2.01. The van der Waals surface area contributed by atoms with E-state index in [-0.39, 0.29) is 6.61 Å². The quantitative estimate of drug-likeness (QED) is 0.453. The number of nitrogens with zero attached hydrogens (tertiary/aromatic N) is 2. The van der Waals surface area contributed by atoms with Gasteiger partial charge in [-0.25, -0.2) is 0 Å². The third kappa shape index (κ3) is 5.53. The third-order valence-corrected chi connectivity index (χ3v) is 4.40. The van der Waals surface area contributed by atoms with Gasteiger partial charge in [-0.15, -0.1) is 0 Å². The molecule has 0 amide bonds. The lowest BCUT2D eigenvalue weighted by atomic mass is 10.2. The largest absolute Gasteiger partial charge is 0.490 e. The van der Waals surface area contributed by atoms with Crippen molar-refractivity contribution in [2.45, 2.75) is 6.92 Å². The van der Waals surface area contributed by atoms with Crippen molar-refractivity contribution in [3.8, 4) is 17.6 Å². The molecule has 0 aliphatic heterocycles. The first-order valence-electron chi connectivity index (χ1n) is 7.25. The fourth-order valence-corrected chi connectivity index (χ4v) is 2.61. The molecule has 5 nitrogen and oxygen atoms in total. The normalized spacial score (nSPS) is 10.5. The molecule has 2 aromatic carbocycles. The van der Waals surface area contributed by atoms with E-state index in [0.29, 0.717) is 33.8 Å². The molecule has 130 valence electrons. The summed E-state index contributed by atoms with van der Waals surface area (Å²) in [6.07, 6.45) is 1.63. The van der Waals surface area contributed by atoms with Gasteiger partial charge in [-0.05, 0) is 53.2 Å². The van der Waals surface area contributed by atoms with E-state index >= 15 is 0 Å². The van der Waals surface area contributed by atoms with E-state index in [1.54, 1.807) is 36.5 Å². The molecule has 2 rings (SSSR count). The average Bonchev–Trinajstić information content (AvgIpc) is 2.59. The molecule has 1 N–H and O–H groups in total. The van der Waals surface area contributed by atoms with E-state index in [2.05, 4.69) is 26.5 Å². The summed E-state index contributed by atoms with van der Waals surface area (Å²) in [5.41, 5.74) is 4.37. The van der Waals surface area contributed by atoms with Crippen LogP contribution < -0.4 is 14.9 Å². The molecule has 0 atom stereocenters. The van der Waals surface area contributed by atoms with Crippen molar-refractivity contribution in [3.05, 3.63) is 50.4 Å². The molecule has 0 fully saturated rings. The minimum absolute atomic E-state index is 0.0567. The number of rotatable bonds is 7. The Bertz CT molecular complexity index is 822. The highest BCUT2D eigenvalue weighted by molar-refractivity contribution is 9.10. The van der Waals surface area contributed by atoms with Crippen LogP contribution in [0.5, 0.6) is 11.5 Å². The molecule has 0 saturated heterocycles. The molecule has 25 heavy (non-hydrogen) atoms. The van der Waals surface area contributed by atoms with Gasteiger partial charge in [0.05, 0.1) is 28.6 Å². The standard InChI is InChI=1S/C17H14BrCl2N3O2/c1-2-24-16-7-11(13(18)9-17(16)25-6-5-21)10-22-23-12-3-4-14(19)15(20)8-12/h3-4,7-10,23H,2,6H2,1H3/b22-10+. The molecule has 0 spiro atoms. The molecule has 0 bridgehead atoms. The van der Waals surface area contributed by atoms with Crippen LogP contribution >= 0.6 is 39.1 Å². The predicted octanol–water partition coefficient (Wildman–Crippen LogP) is 5.50. The summed E-state index contributed by atoms with van der Waals surface area (Å²) in [7, 11) is 0. The fourth-order valence-electron chi connectivity index (χ4n) is 1.88. The monoisotopic (exact) mass is 441 g/mol. The number of hydrogen-bond acceptors (Lipinski definition) is 5. The second-order valence-electron chi connectivity index (χ2n) is 4.70. The molecule has 0 radical (unpaired) electrons. The number of halogens is 3. The van der Waals surface area contributed by atoms with Gasteiger partial charge in [-0.3, -0.25) is 5.43 Å². The van der Waals surface area contributed by atoms with Crippen LogP contribution in [0, 0.1) is 11.3 Å². The number of nitrogens with one attached hydrogen (secondary N) is 1. The molecule has 0 saturated carbocycles. The Balaban J connectivity index is 2.18. The van der Waals surface area contributed by atoms with Crippen molar-refractivity contribution in [2.75, 3.05) is 18.6 Å². The molecule has 8 heteroatoms. The Morgan fingerprint density at radius 3 is 2.64 bits per heavy atom. The maximum atomic E-state index is 8.66. The van der Waals surface area contributed by atoms with Gasteiger partial charge in [0.1, 0.15) is 6.07 Å². The van der Waals surface area contributed by atoms with E-state index in [1.807, 2.05) is 13.0 Å². The number of nitriles is 1. The summed E-state index contributed by atoms with van der Waals surface area (Å²) in [5, 5.41) is 13.8. The highest BCUT2D eigenvalue weighted by atomic mass is 79.9. The van der Waals surface area contributed by atoms with Crippen LogP contribution in [0.25, 0.3) is 0 Å². The molecule has 0 unspecified atom stereocenters. The van der Waals surface area contributed by atoms with Gasteiger partial charge >= 0.3 is 0 Å². The number of ether oxygens (including phenoxy) is 2. The van der Waals surface area contributed by atoms with Crippen LogP contribution in [0.3, 0.4) is 0 Å². The van der Waals surface area contributed by atoms with Crippen molar-refractivity contribution in [1.29, 1.82) is 5.26 Å². The zero-order valence-electron chi connectivity index (χ0n) is 13.2. The van der Waals surface area contributed by atoms with Gasteiger partial charge in [0.2, 0.25) is 0 Å². The topological polar surface area (TPSA) is 66.6 Å². The van der Waals surface area contributed by atoms with Crippen molar-refractivity contribution in [3.63, 3.8) is 0 Å². The third-order valence-electron chi connectivity index (χ3n) is 2.97. The molecule has 0 heterocycles.